The first kappa shape index (κ1) is 13.2. The van der Waals surface area contributed by atoms with Gasteiger partial charge in [0.15, 0.2) is 0 Å². The van der Waals surface area contributed by atoms with Gasteiger partial charge in [-0.25, -0.2) is 0 Å². The van der Waals surface area contributed by atoms with Crippen molar-refractivity contribution in [1.29, 1.82) is 0 Å². The van der Waals surface area contributed by atoms with Crippen LogP contribution in [0.1, 0.15) is 20.3 Å². The van der Waals surface area contributed by atoms with Crippen LogP contribution in [0.3, 0.4) is 0 Å². The Bertz CT molecular complexity index is 368. The molecule has 0 atom stereocenters. The molecule has 3 nitrogen and oxygen atoms in total. The summed E-state index contributed by atoms with van der Waals surface area (Å²) in [5, 5.41) is 0.652. The van der Waals surface area contributed by atoms with Gasteiger partial charge in [-0.2, -0.15) is 0 Å². The predicted octanol–water partition coefficient (Wildman–Crippen LogP) is 2.63. The zero-order chi connectivity index (χ0) is 12.1. The van der Waals surface area contributed by atoms with Crippen molar-refractivity contribution in [2.75, 3.05) is 11.4 Å². The van der Waals surface area contributed by atoms with Gasteiger partial charge in [0.1, 0.15) is 0 Å². The highest BCUT2D eigenvalue weighted by Crippen LogP contribution is 2.25. The molecule has 5 heteroatoms. The molecule has 0 spiro atoms. The highest BCUT2D eigenvalue weighted by atomic mass is 35.5. The first-order valence-electron chi connectivity index (χ1n) is 5.17. The maximum atomic E-state index is 6.11. The van der Waals surface area contributed by atoms with Gasteiger partial charge in [0, 0.05) is 31.4 Å². The summed E-state index contributed by atoms with van der Waals surface area (Å²) in [6.07, 6.45) is 4.07. The smallest absolute Gasteiger partial charge is 0.0822 e. The SMILES string of the molecule is CC(C)N(CCC(N)=S)c1ccncc1Cl. The fourth-order valence-electron chi connectivity index (χ4n) is 1.49. The van der Waals surface area contributed by atoms with E-state index in [0.717, 1.165) is 12.2 Å². The number of hydrogen-bond acceptors (Lipinski definition) is 3. The van der Waals surface area contributed by atoms with Crippen LogP contribution in [0, 0.1) is 0 Å². The fourth-order valence-corrected chi connectivity index (χ4v) is 1.81. The summed E-state index contributed by atoms with van der Waals surface area (Å²) < 4.78 is 0. The van der Waals surface area contributed by atoms with E-state index in [-0.39, 0.29) is 0 Å². The molecule has 0 aliphatic carbocycles. The second-order valence-corrected chi connectivity index (χ2v) is 4.76. The van der Waals surface area contributed by atoms with E-state index < -0.39 is 0 Å². The molecule has 0 bridgehead atoms. The Labute approximate surface area is 107 Å². The number of nitrogens with two attached hydrogens (primary N) is 1. The molecule has 0 aliphatic heterocycles. The second-order valence-electron chi connectivity index (χ2n) is 3.83. The molecule has 1 aromatic heterocycles. The summed E-state index contributed by atoms with van der Waals surface area (Å²) in [5.74, 6) is 0. The predicted molar refractivity (Wildman–Crippen MR) is 73.1 cm³/mol. The molecule has 0 aliphatic rings. The molecule has 0 fully saturated rings. The minimum absolute atomic E-state index is 0.342. The molecule has 1 aromatic rings. The molecule has 0 unspecified atom stereocenters. The van der Waals surface area contributed by atoms with E-state index in [1.165, 1.54) is 0 Å². The average molecular weight is 258 g/mol. The van der Waals surface area contributed by atoms with Crippen molar-refractivity contribution < 1.29 is 0 Å². The van der Waals surface area contributed by atoms with Crippen LogP contribution in [0.4, 0.5) is 5.69 Å². The van der Waals surface area contributed by atoms with Gasteiger partial charge in [-0.3, -0.25) is 4.98 Å². The third-order valence-corrected chi connectivity index (χ3v) is 2.78. The first-order chi connectivity index (χ1) is 7.52. The van der Waals surface area contributed by atoms with E-state index in [4.69, 9.17) is 29.6 Å². The average Bonchev–Trinajstić information content (AvgIpc) is 2.20. The lowest BCUT2D eigenvalue weighted by atomic mass is 10.2. The Morgan fingerprint density at radius 1 is 1.62 bits per heavy atom. The summed E-state index contributed by atoms with van der Waals surface area (Å²) in [6.45, 7) is 4.99. The third kappa shape index (κ3) is 3.61. The van der Waals surface area contributed by atoms with Crippen molar-refractivity contribution >= 4 is 34.5 Å². The largest absolute Gasteiger partial charge is 0.393 e. The summed E-state index contributed by atoms with van der Waals surface area (Å²) in [7, 11) is 0. The minimum atomic E-state index is 0.342. The van der Waals surface area contributed by atoms with Gasteiger partial charge in [0.25, 0.3) is 0 Å². The highest BCUT2D eigenvalue weighted by molar-refractivity contribution is 7.80. The Morgan fingerprint density at radius 2 is 2.31 bits per heavy atom. The number of nitrogens with zero attached hydrogens (tertiary/aromatic N) is 2. The number of thiocarbonyl (C=S) groups is 1. The quantitative estimate of drug-likeness (QED) is 0.824. The van der Waals surface area contributed by atoms with Crippen LogP contribution in [-0.4, -0.2) is 22.6 Å². The summed E-state index contributed by atoms with van der Waals surface area (Å²) in [4.78, 5) is 6.67. The van der Waals surface area contributed by atoms with Crippen molar-refractivity contribution in [2.24, 2.45) is 5.73 Å². The highest BCUT2D eigenvalue weighted by Gasteiger charge is 2.13. The van der Waals surface area contributed by atoms with Crippen molar-refractivity contribution in [3.8, 4) is 0 Å². The summed E-state index contributed by atoms with van der Waals surface area (Å²) in [6, 6.07) is 2.25. The van der Waals surface area contributed by atoms with Crippen LogP contribution in [0.15, 0.2) is 18.5 Å². The van der Waals surface area contributed by atoms with E-state index in [2.05, 4.69) is 23.7 Å². The second kappa shape index (κ2) is 6.01. The van der Waals surface area contributed by atoms with E-state index in [1.807, 2.05) is 6.07 Å². The van der Waals surface area contributed by atoms with Gasteiger partial charge in [0.05, 0.1) is 15.7 Å². The lowest BCUT2D eigenvalue weighted by molar-refractivity contribution is 0.690. The summed E-state index contributed by atoms with van der Waals surface area (Å²) in [5.41, 5.74) is 6.49. The molecule has 0 saturated heterocycles. The van der Waals surface area contributed by atoms with Crippen LogP contribution < -0.4 is 10.6 Å². The number of halogens is 1. The molecular formula is C11H16ClN3S. The lowest BCUT2D eigenvalue weighted by Gasteiger charge is -2.29. The molecule has 16 heavy (non-hydrogen) atoms. The van der Waals surface area contributed by atoms with Crippen LogP contribution in [0.2, 0.25) is 5.02 Å². The Kier molecular flexibility index (Phi) is 4.96. The number of aromatic nitrogens is 1. The van der Waals surface area contributed by atoms with Crippen molar-refractivity contribution in [3.63, 3.8) is 0 Å². The van der Waals surface area contributed by atoms with Crippen molar-refractivity contribution in [1.82, 2.24) is 4.98 Å². The minimum Gasteiger partial charge on any atom is -0.393 e. The molecular weight excluding hydrogens is 242 g/mol. The van der Waals surface area contributed by atoms with E-state index in [0.29, 0.717) is 22.5 Å². The maximum absolute atomic E-state index is 6.11. The number of rotatable bonds is 5. The Balaban J connectivity index is 2.85. The molecule has 1 rings (SSSR count). The maximum Gasteiger partial charge on any atom is 0.0822 e. The van der Waals surface area contributed by atoms with Crippen LogP contribution in [-0.2, 0) is 0 Å². The molecule has 0 aromatic carbocycles. The topological polar surface area (TPSA) is 42.1 Å². The first-order valence-corrected chi connectivity index (χ1v) is 5.95. The lowest BCUT2D eigenvalue weighted by Crippen LogP contribution is -2.33. The van der Waals surface area contributed by atoms with E-state index in [9.17, 15) is 0 Å². The molecule has 0 saturated carbocycles. The van der Waals surface area contributed by atoms with Gasteiger partial charge >= 0.3 is 0 Å². The third-order valence-electron chi connectivity index (χ3n) is 2.28. The van der Waals surface area contributed by atoms with Crippen molar-refractivity contribution in [2.45, 2.75) is 26.3 Å². The van der Waals surface area contributed by atoms with Gasteiger partial charge in [-0.05, 0) is 19.9 Å². The number of pyridine rings is 1. The molecule has 0 radical (unpaired) electrons. The number of hydrogen-bond donors (Lipinski definition) is 1. The number of anilines is 1. The Morgan fingerprint density at radius 3 is 2.81 bits per heavy atom. The van der Waals surface area contributed by atoms with E-state index in [1.54, 1.807) is 12.4 Å². The standard InChI is InChI=1S/C11H16ClN3S/c1-8(2)15(6-4-11(13)16)10-3-5-14-7-9(10)12/h3,5,7-8H,4,6H2,1-2H3,(H2,13,16). The van der Waals surface area contributed by atoms with Crippen LogP contribution in [0.25, 0.3) is 0 Å². The normalized spacial score (nSPS) is 10.5. The van der Waals surface area contributed by atoms with Crippen LogP contribution in [0.5, 0.6) is 0 Å². The molecule has 88 valence electrons. The molecule has 0 amide bonds. The molecule has 1 heterocycles. The van der Waals surface area contributed by atoms with Gasteiger partial charge in [0.2, 0.25) is 0 Å². The Hall–Kier alpha value is -0.870. The van der Waals surface area contributed by atoms with Crippen molar-refractivity contribution in [3.05, 3.63) is 23.5 Å². The van der Waals surface area contributed by atoms with Crippen LogP contribution >= 0.6 is 23.8 Å². The van der Waals surface area contributed by atoms with Gasteiger partial charge in [-0.1, -0.05) is 23.8 Å². The zero-order valence-electron chi connectivity index (χ0n) is 9.48. The van der Waals surface area contributed by atoms with Gasteiger partial charge in [-0.15, -0.1) is 0 Å². The zero-order valence-corrected chi connectivity index (χ0v) is 11.1. The monoisotopic (exact) mass is 257 g/mol. The fraction of sp³-hybridized carbons (Fsp3) is 0.455. The van der Waals surface area contributed by atoms with Gasteiger partial charge < -0.3 is 10.6 Å². The molecule has 2 N–H and O–H groups in total. The van der Waals surface area contributed by atoms with E-state index >= 15 is 0 Å². The summed E-state index contributed by atoms with van der Waals surface area (Å²) >= 11 is 11.0.